The Morgan fingerprint density at radius 1 is 1.31 bits per heavy atom. The average Bonchev–Trinajstić information content (AvgIpc) is 2.89. The fourth-order valence-electron chi connectivity index (χ4n) is 2.63. The maximum atomic E-state index is 12.5. The number of carbonyl (C=O) groups is 1. The van der Waals surface area contributed by atoms with Crippen LogP contribution in [0.15, 0.2) is 34.0 Å². The summed E-state index contributed by atoms with van der Waals surface area (Å²) in [6.45, 7) is 5.46. The highest BCUT2D eigenvalue weighted by atomic mass is 32.2. The fourth-order valence-corrected chi connectivity index (χ4v) is 4.40. The van der Waals surface area contributed by atoms with Gasteiger partial charge in [-0.3, -0.25) is 9.00 Å². The van der Waals surface area contributed by atoms with Gasteiger partial charge in [0.2, 0.25) is 0 Å². The van der Waals surface area contributed by atoms with E-state index in [4.69, 9.17) is 4.74 Å². The van der Waals surface area contributed by atoms with Gasteiger partial charge in [0.25, 0.3) is 5.56 Å². The van der Waals surface area contributed by atoms with Crippen LogP contribution in [0.25, 0.3) is 10.2 Å². The lowest BCUT2D eigenvalue weighted by Gasteiger charge is -2.14. The monoisotopic (exact) mass is 390 g/mol. The Morgan fingerprint density at radius 3 is 2.69 bits per heavy atom. The Bertz CT molecular complexity index is 1080. The number of thiophene rings is 1. The van der Waals surface area contributed by atoms with Crippen LogP contribution in [0.4, 0.5) is 0 Å². The smallest absolute Gasteiger partial charge is 0.340 e. The zero-order valence-electron chi connectivity index (χ0n) is 14.8. The van der Waals surface area contributed by atoms with Gasteiger partial charge in [-0.1, -0.05) is 12.1 Å². The molecule has 0 aliphatic rings. The van der Waals surface area contributed by atoms with Gasteiger partial charge in [0.1, 0.15) is 4.83 Å². The molecule has 26 heavy (non-hydrogen) atoms. The lowest BCUT2D eigenvalue weighted by atomic mass is 10.2. The Balaban J connectivity index is 1.92. The minimum atomic E-state index is -1.32. The minimum absolute atomic E-state index is 0.242. The van der Waals surface area contributed by atoms with Gasteiger partial charge in [-0.05, 0) is 38.5 Å². The van der Waals surface area contributed by atoms with Crippen molar-refractivity contribution in [1.29, 1.82) is 0 Å². The van der Waals surface area contributed by atoms with E-state index in [-0.39, 0.29) is 16.9 Å². The number of hydrogen-bond acceptors (Lipinski definition) is 6. The minimum Gasteiger partial charge on any atom is -0.451 e. The average molecular weight is 390 g/mol. The van der Waals surface area contributed by atoms with E-state index >= 15 is 0 Å². The van der Waals surface area contributed by atoms with E-state index in [1.807, 2.05) is 13.8 Å². The van der Waals surface area contributed by atoms with Crippen molar-refractivity contribution in [2.24, 2.45) is 0 Å². The van der Waals surface area contributed by atoms with Crippen molar-refractivity contribution in [3.8, 4) is 0 Å². The second kappa shape index (κ2) is 7.13. The predicted molar refractivity (Wildman–Crippen MR) is 102 cm³/mol. The highest BCUT2D eigenvalue weighted by Gasteiger charge is 2.21. The van der Waals surface area contributed by atoms with Gasteiger partial charge in [0.15, 0.2) is 11.9 Å². The first-order valence-corrected chi connectivity index (χ1v) is 10.3. The van der Waals surface area contributed by atoms with Crippen LogP contribution in [-0.4, -0.2) is 26.4 Å². The predicted octanol–water partition coefficient (Wildman–Crippen LogP) is 3.26. The maximum absolute atomic E-state index is 12.5. The molecule has 0 spiro atoms. The van der Waals surface area contributed by atoms with Gasteiger partial charge >= 0.3 is 5.97 Å². The molecule has 0 bridgehead atoms. The standard InChI is InChI=1S/C18H18N2O4S2/c1-9-11(3)25-17-14(9)16(21)19-15(20-17)10(2)24-18(22)12-7-5-6-8-13(12)26(4)23/h5-8,10H,1-4H3,(H,19,20,21)/t10-,26+/m1/s1. The van der Waals surface area contributed by atoms with Crippen LogP contribution in [0.1, 0.15) is 39.7 Å². The van der Waals surface area contributed by atoms with Crippen molar-refractivity contribution in [3.05, 3.63) is 56.4 Å². The van der Waals surface area contributed by atoms with E-state index in [1.165, 1.54) is 17.6 Å². The number of carbonyl (C=O) groups excluding carboxylic acids is 1. The van der Waals surface area contributed by atoms with E-state index < -0.39 is 22.9 Å². The molecule has 1 aromatic carbocycles. The lowest BCUT2D eigenvalue weighted by molar-refractivity contribution is 0.0315. The molecule has 3 aromatic rings. The zero-order valence-corrected chi connectivity index (χ0v) is 16.4. The van der Waals surface area contributed by atoms with Crippen LogP contribution in [-0.2, 0) is 15.5 Å². The number of rotatable bonds is 4. The number of ether oxygens (including phenoxy) is 1. The van der Waals surface area contributed by atoms with Gasteiger partial charge < -0.3 is 9.72 Å². The summed E-state index contributed by atoms with van der Waals surface area (Å²) >= 11 is 1.43. The summed E-state index contributed by atoms with van der Waals surface area (Å²) in [5.74, 6) is -0.322. The van der Waals surface area contributed by atoms with Gasteiger partial charge in [-0.15, -0.1) is 11.3 Å². The Hall–Kier alpha value is -2.32. The molecule has 0 amide bonds. The summed E-state index contributed by atoms with van der Waals surface area (Å²) in [7, 11) is -1.32. The van der Waals surface area contributed by atoms with Crippen molar-refractivity contribution in [2.75, 3.05) is 6.26 Å². The Morgan fingerprint density at radius 2 is 2.00 bits per heavy atom. The second-order valence-corrected chi connectivity index (χ2v) is 8.46. The topological polar surface area (TPSA) is 89.1 Å². The van der Waals surface area contributed by atoms with Crippen LogP contribution < -0.4 is 5.56 Å². The molecule has 2 atom stereocenters. The molecule has 3 rings (SSSR count). The molecule has 8 heteroatoms. The third kappa shape index (κ3) is 3.34. The molecule has 0 fully saturated rings. The number of fused-ring (bicyclic) bond motifs is 1. The van der Waals surface area contributed by atoms with Crippen LogP contribution in [0.3, 0.4) is 0 Å². The molecule has 2 aromatic heterocycles. The molecule has 0 unspecified atom stereocenters. The van der Waals surface area contributed by atoms with E-state index in [0.29, 0.717) is 15.1 Å². The quantitative estimate of drug-likeness (QED) is 0.691. The molecular formula is C18H18N2O4S2. The fraction of sp³-hybridized carbons (Fsp3) is 0.278. The third-order valence-electron chi connectivity index (χ3n) is 4.14. The highest BCUT2D eigenvalue weighted by Crippen LogP contribution is 2.27. The molecule has 136 valence electrons. The van der Waals surface area contributed by atoms with E-state index in [0.717, 1.165) is 10.4 Å². The van der Waals surface area contributed by atoms with Gasteiger partial charge in [0, 0.05) is 11.1 Å². The lowest BCUT2D eigenvalue weighted by Crippen LogP contribution is -2.18. The van der Waals surface area contributed by atoms with Crippen LogP contribution in [0.2, 0.25) is 0 Å². The van der Waals surface area contributed by atoms with Crippen LogP contribution >= 0.6 is 11.3 Å². The van der Waals surface area contributed by atoms with E-state index in [2.05, 4.69) is 9.97 Å². The number of nitrogens with zero attached hydrogens (tertiary/aromatic N) is 1. The first-order valence-electron chi connectivity index (χ1n) is 7.93. The van der Waals surface area contributed by atoms with Crippen molar-refractivity contribution in [3.63, 3.8) is 0 Å². The number of H-pyrrole nitrogens is 1. The molecule has 0 saturated heterocycles. The van der Waals surface area contributed by atoms with Crippen LogP contribution in [0, 0.1) is 13.8 Å². The van der Waals surface area contributed by atoms with Gasteiger partial charge in [0.05, 0.1) is 26.6 Å². The molecule has 0 radical (unpaired) electrons. The number of aryl methyl sites for hydroxylation is 2. The van der Waals surface area contributed by atoms with Gasteiger partial charge in [-0.25, -0.2) is 9.78 Å². The molecule has 0 aliphatic heterocycles. The molecule has 2 heterocycles. The molecule has 0 saturated carbocycles. The van der Waals surface area contributed by atoms with E-state index in [9.17, 15) is 13.8 Å². The van der Waals surface area contributed by atoms with E-state index in [1.54, 1.807) is 31.2 Å². The van der Waals surface area contributed by atoms with Crippen LogP contribution in [0.5, 0.6) is 0 Å². The number of benzene rings is 1. The first kappa shape index (κ1) is 18.5. The molecule has 1 N–H and O–H groups in total. The van der Waals surface area contributed by atoms with Crippen molar-refractivity contribution in [1.82, 2.24) is 9.97 Å². The second-order valence-electron chi connectivity index (χ2n) is 5.91. The largest absolute Gasteiger partial charge is 0.451 e. The summed E-state index contributed by atoms with van der Waals surface area (Å²) in [6.07, 6.45) is 0.755. The Labute approximate surface area is 156 Å². The summed E-state index contributed by atoms with van der Waals surface area (Å²) in [5.41, 5.74) is 0.908. The van der Waals surface area contributed by atoms with Gasteiger partial charge in [-0.2, -0.15) is 0 Å². The number of nitrogens with one attached hydrogen (secondary N) is 1. The zero-order chi connectivity index (χ0) is 19.0. The Kier molecular flexibility index (Phi) is 5.06. The first-order chi connectivity index (χ1) is 12.3. The van der Waals surface area contributed by atoms with Crippen molar-refractivity contribution >= 4 is 38.3 Å². The SMILES string of the molecule is Cc1sc2nc([C@@H](C)OC(=O)c3ccccc3[S@](C)=O)[nH]c(=O)c2c1C. The number of hydrogen-bond donors (Lipinski definition) is 1. The maximum Gasteiger partial charge on any atom is 0.340 e. The molecular weight excluding hydrogens is 372 g/mol. The molecule has 6 nitrogen and oxygen atoms in total. The summed E-state index contributed by atoms with van der Waals surface area (Å²) in [5, 5.41) is 0.571. The summed E-state index contributed by atoms with van der Waals surface area (Å²) in [6, 6.07) is 6.59. The third-order valence-corrected chi connectivity index (χ3v) is 6.22. The summed E-state index contributed by atoms with van der Waals surface area (Å²) < 4.78 is 17.2. The highest BCUT2D eigenvalue weighted by molar-refractivity contribution is 7.84. The number of esters is 1. The van der Waals surface area contributed by atoms with Crippen molar-refractivity contribution < 1.29 is 13.7 Å². The normalized spacial score (nSPS) is 13.5. The van der Waals surface area contributed by atoms with Crippen molar-refractivity contribution in [2.45, 2.75) is 31.8 Å². The molecule has 0 aliphatic carbocycles. The number of aromatic nitrogens is 2. The number of aromatic amines is 1. The summed E-state index contributed by atoms with van der Waals surface area (Å²) in [4.78, 5) is 34.1.